The standard InChI is InChI=1S/C28H38N6O5Si/c1-7-29-27(35)33-24-21-25(31-16-30-24)34(17-32-21)26-23-22(19(37-26)15-36-40(5,6)28(2,3)4)38-20(39-23)14-13-18-11-9-8-10-12-18/h8-14,16-17,19-20,22-23,26H,7,15H2,1-6H3,(H2,29,30,31,33,35)/t19?,20-,22?,23-,26?/m0/s1. The van der Waals surface area contributed by atoms with Crippen molar-refractivity contribution >= 4 is 37.4 Å². The highest BCUT2D eigenvalue weighted by molar-refractivity contribution is 6.74. The molecule has 5 rings (SSSR count). The first-order valence-electron chi connectivity index (χ1n) is 13.6. The summed E-state index contributed by atoms with van der Waals surface area (Å²) in [7, 11) is -2.03. The Balaban J connectivity index is 1.41. The van der Waals surface area contributed by atoms with Crippen molar-refractivity contribution in [2.24, 2.45) is 0 Å². The Morgan fingerprint density at radius 1 is 1.10 bits per heavy atom. The van der Waals surface area contributed by atoms with Gasteiger partial charge in [-0.1, -0.05) is 57.2 Å². The van der Waals surface area contributed by atoms with E-state index < -0.39 is 26.9 Å². The first-order chi connectivity index (χ1) is 19.1. The molecule has 2 aliphatic heterocycles. The van der Waals surface area contributed by atoms with E-state index in [1.165, 1.54) is 6.33 Å². The van der Waals surface area contributed by atoms with Crippen molar-refractivity contribution in [2.45, 2.75) is 76.7 Å². The molecular formula is C28H38N6O5Si. The van der Waals surface area contributed by atoms with Gasteiger partial charge in [0.05, 0.1) is 12.9 Å². The van der Waals surface area contributed by atoms with Gasteiger partial charge in [0.15, 0.2) is 37.8 Å². The number of nitrogens with one attached hydrogen (secondary N) is 2. The van der Waals surface area contributed by atoms with Crippen LogP contribution in [0.25, 0.3) is 17.2 Å². The molecule has 5 atom stereocenters. The maximum absolute atomic E-state index is 12.1. The SMILES string of the molecule is CCNC(=O)Nc1ncnc2c1ncn2C1OC(CO[Si](C)(C)C(C)(C)C)C2O[C@H](C=Cc3ccccc3)O[C@@H]21. The van der Waals surface area contributed by atoms with Gasteiger partial charge in [-0.05, 0) is 36.7 Å². The van der Waals surface area contributed by atoms with Crippen molar-refractivity contribution in [1.82, 2.24) is 24.8 Å². The first kappa shape index (κ1) is 28.4. The fourth-order valence-corrected chi connectivity index (χ4v) is 5.52. The van der Waals surface area contributed by atoms with E-state index in [4.69, 9.17) is 18.6 Å². The molecule has 0 saturated carbocycles. The van der Waals surface area contributed by atoms with Crippen LogP contribution in [0.1, 0.15) is 39.5 Å². The third kappa shape index (κ3) is 5.81. The zero-order valence-corrected chi connectivity index (χ0v) is 24.8. The lowest BCUT2D eigenvalue weighted by molar-refractivity contribution is -0.132. The minimum Gasteiger partial charge on any atom is -0.414 e. The molecule has 3 aromatic rings. The van der Waals surface area contributed by atoms with E-state index in [1.807, 2.05) is 54.0 Å². The van der Waals surface area contributed by atoms with Gasteiger partial charge in [0.1, 0.15) is 24.6 Å². The largest absolute Gasteiger partial charge is 0.414 e. The van der Waals surface area contributed by atoms with E-state index in [0.717, 1.165) is 5.56 Å². The topological polar surface area (TPSA) is 122 Å². The number of carbonyl (C=O) groups is 1. The summed E-state index contributed by atoms with van der Waals surface area (Å²) in [4.78, 5) is 25.3. The number of fused-ring (bicyclic) bond motifs is 2. The quantitative estimate of drug-likeness (QED) is 0.376. The van der Waals surface area contributed by atoms with E-state index in [9.17, 15) is 4.79 Å². The van der Waals surface area contributed by atoms with E-state index in [1.54, 1.807) is 6.33 Å². The van der Waals surface area contributed by atoms with Crippen molar-refractivity contribution in [3.63, 3.8) is 0 Å². The molecule has 0 aliphatic carbocycles. The van der Waals surface area contributed by atoms with Gasteiger partial charge in [0, 0.05) is 6.54 Å². The van der Waals surface area contributed by atoms with Crippen molar-refractivity contribution in [2.75, 3.05) is 18.5 Å². The predicted octanol–water partition coefficient (Wildman–Crippen LogP) is 4.71. The number of anilines is 1. The monoisotopic (exact) mass is 566 g/mol. The lowest BCUT2D eigenvalue weighted by Gasteiger charge is -2.37. The van der Waals surface area contributed by atoms with Crippen LogP contribution in [0.5, 0.6) is 0 Å². The van der Waals surface area contributed by atoms with Gasteiger partial charge < -0.3 is 24.0 Å². The lowest BCUT2D eigenvalue weighted by Crippen LogP contribution is -2.44. The number of amides is 2. The summed E-state index contributed by atoms with van der Waals surface area (Å²) in [6.45, 7) is 13.8. The molecule has 3 unspecified atom stereocenters. The Morgan fingerprint density at radius 3 is 2.58 bits per heavy atom. The highest BCUT2D eigenvalue weighted by Gasteiger charge is 2.54. The summed E-state index contributed by atoms with van der Waals surface area (Å²) in [5, 5.41) is 5.49. The fourth-order valence-electron chi connectivity index (χ4n) is 4.51. The summed E-state index contributed by atoms with van der Waals surface area (Å²) in [6.07, 6.45) is 4.69. The normalized spacial score (nSPS) is 25.0. The molecule has 214 valence electrons. The molecule has 0 bridgehead atoms. The molecule has 4 heterocycles. The van der Waals surface area contributed by atoms with Gasteiger partial charge in [-0.25, -0.2) is 19.7 Å². The molecule has 2 N–H and O–H groups in total. The molecule has 2 saturated heterocycles. The number of hydrogen-bond acceptors (Lipinski definition) is 8. The Kier molecular flexibility index (Phi) is 8.07. The second-order valence-electron chi connectivity index (χ2n) is 11.5. The van der Waals surface area contributed by atoms with Crippen molar-refractivity contribution in [3.8, 4) is 0 Å². The van der Waals surface area contributed by atoms with Gasteiger partial charge >= 0.3 is 6.03 Å². The average molecular weight is 567 g/mol. The van der Waals surface area contributed by atoms with Gasteiger partial charge in [-0.15, -0.1) is 0 Å². The third-order valence-electron chi connectivity index (χ3n) is 7.73. The molecule has 12 heteroatoms. The highest BCUT2D eigenvalue weighted by Crippen LogP contribution is 2.43. The molecule has 2 fully saturated rings. The van der Waals surface area contributed by atoms with Crippen LogP contribution in [0.15, 0.2) is 49.1 Å². The highest BCUT2D eigenvalue weighted by atomic mass is 28.4. The Morgan fingerprint density at radius 2 is 1.85 bits per heavy atom. The summed E-state index contributed by atoms with van der Waals surface area (Å²) < 4.78 is 27.7. The summed E-state index contributed by atoms with van der Waals surface area (Å²) >= 11 is 0. The zero-order chi connectivity index (χ0) is 28.5. The summed E-state index contributed by atoms with van der Waals surface area (Å²) in [5.74, 6) is 0.314. The third-order valence-corrected chi connectivity index (χ3v) is 12.2. The van der Waals surface area contributed by atoms with Gasteiger partial charge in [-0.2, -0.15) is 0 Å². The van der Waals surface area contributed by atoms with Crippen LogP contribution >= 0.6 is 0 Å². The van der Waals surface area contributed by atoms with Crippen LogP contribution < -0.4 is 10.6 Å². The molecule has 2 aliphatic rings. The number of benzene rings is 1. The second kappa shape index (κ2) is 11.4. The lowest BCUT2D eigenvalue weighted by atomic mass is 10.1. The minimum absolute atomic E-state index is 0.0589. The van der Waals surface area contributed by atoms with Crippen molar-refractivity contribution in [3.05, 3.63) is 54.6 Å². The smallest absolute Gasteiger partial charge is 0.320 e. The Hall–Kier alpha value is -3.16. The maximum Gasteiger partial charge on any atom is 0.320 e. The van der Waals surface area contributed by atoms with Gasteiger partial charge in [0.2, 0.25) is 0 Å². The van der Waals surface area contributed by atoms with Crippen LogP contribution in [0, 0.1) is 0 Å². The number of rotatable bonds is 8. The fraction of sp³-hybridized carbons (Fsp3) is 0.500. The predicted molar refractivity (Wildman–Crippen MR) is 154 cm³/mol. The molecule has 11 nitrogen and oxygen atoms in total. The Labute approximate surface area is 235 Å². The van der Waals surface area contributed by atoms with E-state index in [-0.39, 0.29) is 23.3 Å². The van der Waals surface area contributed by atoms with Crippen LogP contribution in [-0.4, -0.2) is 71.6 Å². The van der Waals surface area contributed by atoms with Crippen LogP contribution in [0.2, 0.25) is 18.1 Å². The number of imidazole rings is 1. The van der Waals surface area contributed by atoms with Crippen LogP contribution in [0.3, 0.4) is 0 Å². The van der Waals surface area contributed by atoms with E-state index in [0.29, 0.717) is 30.1 Å². The number of ether oxygens (including phenoxy) is 3. The van der Waals surface area contributed by atoms with Crippen molar-refractivity contribution < 1.29 is 23.4 Å². The molecular weight excluding hydrogens is 528 g/mol. The summed E-state index contributed by atoms with van der Waals surface area (Å²) in [5.41, 5.74) is 2.03. The van der Waals surface area contributed by atoms with Crippen LogP contribution in [0.4, 0.5) is 10.6 Å². The average Bonchev–Trinajstić information content (AvgIpc) is 3.61. The Bertz CT molecular complexity index is 1360. The second-order valence-corrected chi connectivity index (χ2v) is 16.3. The first-order valence-corrected chi connectivity index (χ1v) is 16.5. The molecule has 1 aromatic carbocycles. The molecule has 0 spiro atoms. The van der Waals surface area contributed by atoms with Crippen molar-refractivity contribution in [1.29, 1.82) is 0 Å². The number of aromatic nitrogens is 4. The molecule has 0 radical (unpaired) electrons. The van der Waals surface area contributed by atoms with E-state index in [2.05, 4.69) is 59.5 Å². The van der Waals surface area contributed by atoms with Gasteiger partial charge in [-0.3, -0.25) is 9.88 Å². The van der Waals surface area contributed by atoms with E-state index >= 15 is 0 Å². The number of hydrogen-bond donors (Lipinski definition) is 2. The number of nitrogens with zero attached hydrogens (tertiary/aromatic N) is 4. The minimum atomic E-state index is -2.03. The summed E-state index contributed by atoms with van der Waals surface area (Å²) in [6, 6.07) is 9.65. The molecule has 2 amide bonds. The number of urea groups is 1. The number of carbonyl (C=O) groups excluding carboxylic acids is 1. The van der Waals surface area contributed by atoms with Gasteiger partial charge in [0.25, 0.3) is 0 Å². The maximum atomic E-state index is 12.1. The zero-order valence-electron chi connectivity index (χ0n) is 23.8. The molecule has 40 heavy (non-hydrogen) atoms. The van der Waals surface area contributed by atoms with Crippen LogP contribution in [-0.2, 0) is 18.6 Å². The molecule has 2 aromatic heterocycles.